The van der Waals surface area contributed by atoms with Crippen LogP contribution in [0.2, 0.25) is 0 Å². The summed E-state index contributed by atoms with van der Waals surface area (Å²) in [6, 6.07) is 2.13. The summed E-state index contributed by atoms with van der Waals surface area (Å²) in [4.78, 5) is 1.35. The van der Waals surface area contributed by atoms with Crippen LogP contribution in [0.5, 0.6) is 0 Å². The molecule has 1 heterocycles. The maximum absolute atomic E-state index is 9.05. The fraction of sp³-hybridized carbons (Fsp3) is 0.667. The number of thiophene rings is 1. The maximum atomic E-state index is 9.05. The summed E-state index contributed by atoms with van der Waals surface area (Å²) in [7, 11) is 1.69. The number of hydrogen-bond acceptors (Lipinski definition) is 4. The summed E-state index contributed by atoms with van der Waals surface area (Å²) in [5.41, 5.74) is 1.17. The zero-order valence-corrected chi connectivity index (χ0v) is 11.1. The Labute approximate surface area is 101 Å². The number of aliphatic hydroxyl groups is 1. The van der Waals surface area contributed by atoms with Gasteiger partial charge in [-0.3, -0.25) is 0 Å². The van der Waals surface area contributed by atoms with E-state index in [2.05, 4.69) is 30.6 Å². The van der Waals surface area contributed by atoms with Crippen molar-refractivity contribution < 1.29 is 9.84 Å². The summed E-state index contributed by atoms with van der Waals surface area (Å²) >= 11 is 1.76. The molecule has 0 saturated carbocycles. The van der Waals surface area contributed by atoms with Crippen molar-refractivity contribution in [3.63, 3.8) is 0 Å². The number of rotatable bonds is 7. The van der Waals surface area contributed by atoms with E-state index in [0.717, 1.165) is 6.54 Å². The van der Waals surface area contributed by atoms with E-state index >= 15 is 0 Å². The molecule has 1 unspecified atom stereocenters. The van der Waals surface area contributed by atoms with Crippen LogP contribution < -0.4 is 5.32 Å². The highest BCUT2D eigenvalue weighted by molar-refractivity contribution is 7.10. The molecular formula is C12H21NO2S. The fourth-order valence-electron chi connectivity index (χ4n) is 1.66. The standard InChI is InChI=1S/C12H21NO2S/c1-10-4-7-16-11(10)8-13-12(2,5-6-14)9-15-3/h4,7,13-14H,5-6,8-9H2,1-3H3. The van der Waals surface area contributed by atoms with Crippen LogP contribution in [0.4, 0.5) is 0 Å². The molecule has 0 aliphatic rings. The van der Waals surface area contributed by atoms with Crippen molar-refractivity contribution in [1.82, 2.24) is 5.32 Å². The van der Waals surface area contributed by atoms with Gasteiger partial charge in [-0.15, -0.1) is 11.3 Å². The summed E-state index contributed by atoms with van der Waals surface area (Å²) in [6.07, 6.45) is 0.700. The molecular weight excluding hydrogens is 222 g/mol. The number of nitrogens with one attached hydrogen (secondary N) is 1. The number of hydrogen-bond donors (Lipinski definition) is 2. The molecule has 0 amide bonds. The second kappa shape index (κ2) is 6.35. The van der Waals surface area contributed by atoms with Gasteiger partial charge in [0.05, 0.1) is 6.61 Å². The molecule has 4 heteroatoms. The zero-order valence-electron chi connectivity index (χ0n) is 10.2. The Morgan fingerprint density at radius 1 is 1.56 bits per heavy atom. The predicted molar refractivity (Wildman–Crippen MR) is 67.9 cm³/mol. The lowest BCUT2D eigenvalue weighted by atomic mass is 9.99. The van der Waals surface area contributed by atoms with Crippen LogP contribution in [0.25, 0.3) is 0 Å². The van der Waals surface area contributed by atoms with Crippen molar-refractivity contribution >= 4 is 11.3 Å². The third-order valence-corrected chi connectivity index (χ3v) is 3.79. The number of aliphatic hydroxyl groups excluding tert-OH is 1. The van der Waals surface area contributed by atoms with Crippen molar-refractivity contribution in [3.05, 3.63) is 21.9 Å². The van der Waals surface area contributed by atoms with Gasteiger partial charge in [-0.05, 0) is 37.3 Å². The van der Waals surface area contributed by atoms with Crippen LogP contribution in [0.3, 0.4) is 0 Å². The van der Waals surface area contributed by atoms with Crippen molar-refractivity contribution in [2.24, 2.45) is 0 Å². The highest BCUT2D eigenvalue weighted by atomic mass is 32.1. The summed E-state index contributed by atoms with van der Waals surface area (Å²) < 4.78 is 5.19. The molecule has 1 aromatic rings. The lowest BCUT2D eigenvalue weighted by Crippen LogP contribution is -2.46. The van der Waals surface area contributed by atoms with E-state index in [4.69, 9.17) is 9.84 Å². The van der Waals surface area contributed by atoms with Gasteiger partial charge in [0.2, 0.25) is 0 Å². The first kappa shape index (κ1) is 13.6. The number of aryl methyl sites for hydroxylation is 1. The SMILES string of the molecule is COCC(C)(CCO)NCc1sccc1C. The van der Waals surface area contributed by atoms with E-state index in [-0.39, 0.29) is 12.1 Å². The molecule has 3 nitrogen and oxygen atoms in total. The summed E-state index contributed by atoms with van der Waals surface area (Å²) in [5, 5.41) is 14.6. The number of ether oxygens (including phenoxy) is 1. The quantitative estimate of drug-likeness (QED) is 0.769. The molecule has 0 radical (unpaired) electrons. The molecule has 0 bridgehead atoms. The third-order valence-electron chi connectivity index (χ3n) is 2.77. The molecule has 2 N–H and O–H groups in total. The normalized spacial score (nSPS) is 15.0. The summed E-state index contributed by atoms with van der Waals surface area (Å²) in [5.74, 6) is 0. The molecule has 0 fully saturated rings. The molecule has 1 rings (SSSR count). The minimum absolute atomic E-state index is 0.153. The number of methoxy groups -OCH3 is 1. The second-order valence-corrected chi connectivity index (χ2v) is 5.35. The van der Waals surface area contributed by atoms with E-state index in [1.165, 1.54) is 10.4 Å². The van der Waals surface area contributed by atoms with Crippen LogP contribution in [-0.4, -0.2) is 31.0 Å². The molecule has 0 aromatic carbocycles. The average Bonchev–Trinajstić information content (AvgIpc) is 2.62. The molecule has 0 saturated heterocycles. The minimum atomic E-state index is -0.153. The molecule has 0 aliphatic heterocycles. The lowest BCUT2D eigenvalue weighted by molar-refractivity contribution is 0.0971. The van der Waals surface area contributed by atoms with E-state index in [1.54, 1.807) is 18.4 Å². The molecule has 0 aliphatic carbocycles. The van der Waals surface area contributed by atoms with Gasteiger partial charge in [0.25, 0.3) is 0 Å². The van der Waals surface area contributed by atoms with Gasteiger partial charge in [-0.1, -0.05) is 0 Å². The van der Waals surface area contributed by atoms with Gasteiger partial charge < -0.3 is 15.2 Å². The Hall–Kier alpha value is -0.420. The largest absolute Gasteiger partial charge is 0.396 e. The van der Waals surface area contributed by atoms with Gasteiger partial charge in [0.1, 0.15) is 0 Å². The van der Waals surface area contributed by atoms with E-state index < -0.39 is 0 Å². The first-order chi connectivity index (χ1) is 7.61. The molecule has 1 aromatic heterocycles. The Balaban J connectivity index is 2.53. The van der Waals surface area contributed by atoms with E-state index in [1.807, 2.05) is 0 Å². The van der Waals surface area contributed by atoms with E-state index in [0.29, 0.717) is 13.0 Å². The van der Waals surface area contributed by atoms with Crippen LogP contribution in [0.15, 0.2) is 11.4 Å². The van der Waals surface area contributed by atoms with Crippen molar-refractivity contribution in [3.8, 4) is 0 Å². The van der Waals surface area contributed by atoms with Crippen LogP contribution in [-0.2, 0) is 11.3 Å². The van der Waals surface area contributed by atoms with Gasteiger partial charge >= 0.3 is 0 Å². The van der Waals surface area contributed by atoms with E-state index in [9.17, 15) is 0 Å². The Kier molecular flexibility index (Phi) is 5.41. The smallest absolute Gasteiger partial charge is 0.0642 e. The Morgan fingerprint density at radius 2 is 2.31 bits per heavy atom. The Morgan fingerprint density at radius 3 is 2.81 bits per heavy atom. The highest BCUT2D eigenvalue weighted by Crippen LogP contribution is 2.17. The zero-order chi connectivity index (χ0) is 12.0. The van der Waals surface area contributed by atoms with Crippen molar-refractivity contribution in [2.45, 2.75) is 32.4 Å². The van der Waals surface area contributed by atoms with Gasteiger partial charge in [-0.25, -0.2) is 0 Å². The second-order valence-electron chi connectivity index (χ2n) is 4.35. The predicted octanol–water partition coefficient (Wildman–Crippen LogP) is 1.93. The first-order valence-electron chi connectivity index (χ1n) is 5.49. The van der Waals surface area contributed by atoms with Gasteiger partial charge in [0, 0.05) is 30.7 Å². The maximum Gasteiger partial charge on any atom is 0.0642 e. The fourth-order valence-corrected chi connectivity index (χ4v) is 2.50. The van der Waals surface area contributed by atoms with Crippen LogP contribution >= 0.6 is 11.3 Å². The minimum Gasteiger partial charge on any atom is -0.396 e. The Bertz CT molecular complexity index is 306. The topological polar surface area (TPSA) is 41.5 Å². The highest BCUT2D eigenvalue weighted by Gasteiger charge is 2.23. The van der Waals surface area contributed by atoms with Crippen LogP contribution in [0.1, 0.15) is 23.8 Å². The van der Waals surface area contributed by atoms with Crippen molar-refractivity contribution in [2.75, 3.05) is 20.3 Å². The van der Waals surface area contributed by atoms with Crippen molar-refractivity contribution in [1.29, 1.82) is 0 Å². The molecule has 92 valence electrons. The lowest BCUT2D eigenvalue weighted by Gasteiger charge is -2.29. The van der Waals surface area contributed by atoms with Gasteiger partial charge in [0.15, 0.2) is 0 Å². The molecule has 1 atom stereocenters. The third kappa shape index (κ3) is 3.87. The van der Waals surface area contributed by atoms with Crippen LogP contribution in [0, 0.1) is 6.92 Å². The molecule has 16 heavy (non-hydrogen) atoms. The summed E-state index contributed by atoms with van der Waals surface area (Å²) in [6.45, 7) is 5.82. The monoisotopic (exact) mass is 243 g/mol. The first-order valence-corrected chi connectivity index (χ1v) is 6.37. The van der Waals surface area contributed by atoms with Gasteiger partial charge in [-0.2, -0.15) is 0 Å². The average molecular weight is 243 g/mol. The molecule has 0 spiro atoms.